The summed E-state index contributed by atoms with van der Waals surface area (Å²) in [5.74, 6) is 3.51. The van der Waals surface area contributed by atoms with Crippen LogP contribution in [0, 0.1) is 5.92 Å². The van der Waals surface area contributed by atoms with E-state index < -0.39 is 0 Å². The van der Waals surface area contributed by atoms with Gasteiger partial charge in [-0.15, -0.1) is 0 Å². The molecule has 0 spiro atoms. The molecule has 1 saturated heterocycles. The molecule has 1 aliphatic heterocycles. The highest BCUT2D eigenvalue weighted by Crippen LogP contribution is 2.30. The van der Waals surface area contributed by atoms with Crippen molar-refractivity contribution in [3.63, 3.8) is 0 Å². The first-order chi connectivity index (χ1) is 14.8. The van der Waals surface area contributed by atoms with E-state index in [1.807, 2.05) is 60.7 Å². The van der Waals surface area contributed by atoms with E-state index in [1.165, 1.54) is 12.8 Å². The molecule has 2 aromatic carbocycles. The van der Waals surface area contributed by atoms with Crippen molar-refractivity contribution in [2.45, 2.75) is 19.4 Å². The SMILES string of the molecule is c1ccc(Oc2ccc(Oc3ncnc4ccn(CC5CCNCC5)c34)cc2)cc1. The van der Waals surface area contributed by atoms with Gasteiger partial charge in [0.25, 0.3) is 0 Å². The number of ether oxygens (including phenoxy) is 2. The first-order valence-corrected chi connectivity index (χ1v) is 10.4. The van der Waals surface area contributed by atoms with E-state index in [0.717, 1.165) is 42.2 Å². The highest BCUT2D eigenvalue weighted by Gasteiger charge is 2.17. The zero-order chi connectivity index (χ0) is 20.2. The summed E-state index contributed by atoms with van der Waals surface area (Å²) < 4.78 is 14.2. The topological polar surface area (TPSA) is 61.2 Å². The van der Waals surface area contributed by atoms with E-state index in [-0.39, 0.29) is 0 Å². The lowest BCUT2D eigenvalue weighted by atomic mass is 9.98. The zero-order valence-corrected chi connectivity index (χ0v) is 16.7. The van der Waals surface area contributed by atoms with Gasteiger partial charge in [-0.2, -0.15) is 4.98 Å². The first kappa shape index (κ1) is 18.6. The van der Waals surface area contributed by atoms with Gasteiger partial charge in [0.05, 0.1) is 5.52 Å². The smallest absolute Gasteiger partial charge is 0.247 e. The van der Waals surface area contributed by atoms with E-state index in [4.69, 9.17) is 9.47 Å². The Balaban J connectivity index is 1.35. The van der Waals surface area contributed by atoms with Crippen molar-refractivity contribution >= 4 is 11.0 Å². The monoisotopic (exact) mass is 400 g/mol. The molecule has 0 unspecified atom stereocenters. The van der Waals surface area contributed by atoms with Crippen molar-refractivity contribution in [3.05, 3.63) is 73.2 Å². The quantitative estimate of drug-likeness (QED) is 0.493. The van der Waals surface area contributed by atoms with Crippen LogP contribution in [0.4, 0.5) is 0 Å². The second-order valence-electron chi connectivity index (χ2n) is 7.56. The van der Waals surface area contributed by atoms with Crippen LogP contribution in [0.5, 0.6) is 23.1 Å². The second kappa shape index (κ2) is 8.55. The Labute approximate surface area is 175 Å². The van der Waals surface area contributed by atoms with Crippen LogP contribution in [0.3, 0.4) is 0 Å². The van der Waals surface area contributed by atoms with Gasteiger partial charge in [-0.05, 0) is 74.3 Å². The summed E-state index contributed by atoms with van der Waals surface area (Å²) in [6.07, 6.45) is 6.02. The van der Waals surface area contributed by atoms with Crippen molar-refractivity contribution in [1.29, 1.82) is 0 Å². The van der Waals surface area contributed by atoms with Crippen LogP contribution in [0.25, 0.3) is 11.0 Å². The first-order valence-electron chi connectivity index (χ1n) is 10.4. The summed E-state index contributed by atoms with van der Waals surface area (Å²) in [6.45, 7) is 3.13. The van der Waals surface area contributed by atoms with Gasteiger partial charge in [0.2, 0.25) is 5.88 Å². The molecule has 0 aliphatic carbocycles. The summed E-state index contributed by atoms with van der Waals surface area (Å²) in [5, 5.41) is 3.43. The summed E-state index contributed by atoms with van der Waals surface area (Å²) in [5.41, 5.74) is 1.85. The van der Waals surface area contributed by atoms with Gasteiger partial charge in [0.1, 0.15) is 29.1 Å². The van der Waals surface area contributed by atoms with Gasteiger partial charge < -0.3 is 19.4 Å². The number of benzene rings is 2. The minimum Gasteiger partial charge on any atom is -0.457 e. The number of piperidine rings is 1. The Morgan fingerprint density at radius 2 is 1.53 bits per heavy atom. The molecule has 30 heavy (non-hydrogen) atoms. The molecule has 4 aromatic rings. The predicted octanol–water partition coefficient (Wildman–Crippen LogP) is 5.02. The highest BCUT2D eigenvalue weighted by molar-refractivity contribution is 5.80. The molecule has 0 bridgehead atoms. The van der Waals surface area contributed by atoms with Crippen LogP contribution in [-0.2, 0) is 6.54 Å². The van der Waals surface area contributed by atoms with E-state index >= 15 is 0 Å². The molecule has 5 rings (SSSR count). The molecular formula is C24H24N4O2. The van der Waals surface area contributed by atoms with Crippen LogP contribution in [0.1, 0.15) is 12.8 Å². The van der Waals surface area contributed by atoms with Crippen LogP contribution in [-0.4, -0.2) is 27.6 Å². The number of nitrogens with one attached hydrogen (secondary N) is 1. The average Bonchev–Trinajstić information content (AvgIpc) is 3.20. The van der Waals surface area contributed by atoms with E-state index in [0.29, 0.717) is 17.5 Å². The molecule has 1 fully saturated rings. The largest absolute Gasteiger partial charge is 0.457 e. The minimum absolute atomic E-state index is 0.579. The Hall–Kier alpha value is -3.38. The van der Waals surface area contributed by atoms with Crippen LogP contribution in [0.15, 0.2) is 73.2 Å². The van der Waals surface area contributed by atoms with Gasteiger partial charge in [-0.1, -0.05) is 18.2 Å². The molecule has 2 aromatic heterocycles. The normalized spacial score (nSPS) is 14.7. The number of hydrogen-bond donors (Lipinski definition) is 1. The highest BCUT2D eigenvalue weighted by atomic mass is 16.5. The fourth-order valence-corrected chi connectivity index (χ4v) is 3.88. The fraction of sp³-hybridized carbons (Fsp3) is 0.250. The molecule has 1 aliphatic rings. The zero-order valence-electron chi connectivity index (χ0n) is 16.7. The summed E-state index contributed by atoms with van der Waals surface area (Å²) >= 11 is 0. The number of aromatic nitrogens is 3. The maximum Gasteiger partial charge on any atom is 0.247 e. The summed E-state index contributed by atoms with van der Waals surface area (Å²) in [6, 6.07) is 19.3. The van der Waals surface area contributed by atoms with E-state index in [1.54, 1.807) is 6.33 Å². The molecule has 6 heteroatoms. The molecular weight excluding hydrogens is 376 g/mol. The lowest BCUT2D eigenvalue weighted by Crippen LogP contribution is -2.29. The standard InChI is InChI=1S/C24H24N4O2/c1-2-4-19(5-3-1)29-20-6-8-21(9-7-20)30-24-23-22(26-17-27-24)12-15-28(23)16-18-10-13-25-14-11-18/h1-9,12,15,17-18,25H,10-11,13-14,16H2. The Kier molecular flexibility index (Phi) is 5.31. The average molecular weight is 400 g/mol. The van der Waals surface area contributed by atoms with Crippen LogP contribution >= 0.6 is 0 Å². The molecule has 0 atom stereocenters. The minimum atomic E-state index is 0.579. The van der Waals surface area contributed by atoms with Gasteiger partial charge in [-0.25, -0.2) is 4.98 Å². The predicted molar refractivity (Wildman–Crippen MR) is 116 cm³/mol. The number of fused-ring (bicyclic) bond motifs is 1. The van der Waals surface area contributed by atoms with Gasteiger partial charge >= 0.3 is 0 Å². The maximum absolute atomic E-state index is 6.15. The second-order valence-corrected chi connectivity index (χ2v) is 7.56. The number of para-hydroxylation sites is 1. The Morgan fingerprint density at radius 3 is 2.30 bits per heavy atom. The van der Waals surface area contributed by atoms with E-state index in [9.17, 15) is 0 Å². The molecule has 152 valence electrons. The molecule has 3 heterocycles. The van der Waals surface area contributed by atoms with Crippen molar-refractivity contribution < 1.29 is 9.47 Å². The molecule has 1 N–H and O–H groups in total. The van der Waals surface area contributed by atoms with Gasteiger partial charge in [0.15, 0.2) is 0 Å². The molecule has 0 amide bonds. The Morgan fingerprint density at radius 1 is 0.833 bits per heavy atom. The fourth-order valence-electron chi connectivity index (χ4n) is 3.88. The molecule has 0 radical (unpaired) electrons. The van der Waals surface area contributed by atoms with E-state index in [2.05, 4.69) is 26.0 Å². The molecule has 0 saturated carbocycles. The van der Waals surface area contributed by atoms with Crippen molar-refractivity contribution in [2.24, 2.45) is 5.92 Å². The Bertz CT molecular complexity index is 1100. The van der Waals surface area contributed by atoms with Gasteiger partial charge in [0, 0.05) is 12.7 Å². The number of hydrogen-bond acceptors (Lipinski definition) is 5. The third-order valence-electron chi connectivity index (χ3n) is 5.45. The summed E-state index contributed by atoms with van der Waals surface area (Å²) in [7, 11) is 0. The van der Waals surface area contributed by atoms with Crippen molar-refractivity contribution in [1.82, 2.24) is 19.9 Å². The lowest BCUT2D eigenvalue weighted by molar-refractivity contribution is 0.335. The van der Waals surface area contributed by atoms with Crippen LogP contribution < -0.4 is 14.8 Å². The number of rotatable bonds is 6. The third-order valence-corrected chi connectivity index (χ3v) is 5.45. The van der Waals surface area contributed by atoms with Gasteiger partial charge in [-0.3, -0.25) is 0 Å². The number of nitrogens with zero attached hydrogens (tertiary/aromatic N) is 3. The lowest BCUT2D eigenvalue weighted by Gasteiger charge is -2.23. The maximum atomic E-state index is 6.15. The third kappa shape index (κ3) is 4.14. The molecule has 6 nitrogen and oxygen atoms in total. The van der Waals surface area contributed by atoms with Crippen molar-refractivity contribution in [3.8, 4) is 23.1 Å². The van der Waals surface area contributed by atoms with Crippen molar-refractivity contribution in [2.75, 3.05) is 13.1 Å². The summed E-state index contributed by atoms with van der Waals surface area (Å²) in [4.78, 5) is 8.83. The van der Waals surface area contributed by atoms with Crippen LogP contribution in [0.2, 0.25) is 0 Å².